The Morgan fingerprint density at radius 1 is 1.52 bits per heavy atom. The monoisotopic (exact) mass is 287 g/mol. The number of methoxy groups -OCH3 is 1. The quantitative estimate of drug-likeness (QED) is 0.872. The van der Waals surface area contributed by atoms with Crippen LogP contribution >= 0.6 is 0 Å². The van der Waals surface area contributed by atoms with E-state index in [0.717, 1.165) is 19.4 Å². The molecule has 1 saturated heterocycles. The van der Waals surface area contributed by atoms with Crippen molar-refractivity contribution in [3.8, 4) is 11.8 Å². The zero-order valence-electron chi connectivity index (χ0n) is 12.3. The number of piperidine rings is 1. The van der Waals surface area contributed by atoms with Gasteiger partial charge in [0.05, 0.1) is 12.7 Å². The number of anilines is 1. The van der Waals surface area contributed by atoms with Crippen LogP contribution in [-0.4, -0.2) is 25.6 Å². The van der Waals surface area contributed by atoms with E-state index in [1.54, 1.807) is 18.2 Å². The summed E-state index contributed by atoms with van der Waals surface area (Å²) in [5.41, 5.74) is 0.877. The molecule has 112 valence electrons. The molecule has 1 amide bonds. The highest BCUT2D eigenvalue weighted by atomic mass is 16.5. The molecule has 5 heteroatoms. The van der Waals surface area contributed by atoms with Gasteiger partial charge < -0.3 is 15.4 Å². The van der Waals surface area contributed by atoms with Crippen molar-refractivity contribution in [1.82, 2.24) is 5.32 Å². The van der Waals surface area contributed by atoms with Crippen LogP contribution in [0.25, 0.3) is 0 Å². The number of hydrogen-bond acceptors (Lipinski definition) is 4. The Bertz CT molecular complexity index is 531. The van der Waals surface area contributed by atoms with E-state index in [1.807, 2.05) is 0 Å². The van der Waals surface area contributed by atoms with Gasteiger partial charge in [0, 0.05) is 12.5 Å². The van der Waals surface area contributed by atoms with Gasteiger partial charge in [-0.15, -0.1) is 0 Å². The fourth-order valence-electron chi connectivity index (χ4n) is 2.60. The molecule has 0 aromatic heterocycles. The number of nitrogens with one attached hydrogen (secondary N) is 2. The summed E-state index contributed by atoms with van der Waals surface area (Å²) in [6, 6.07) is 7.64. The molecule has 1 aliphatic rings. The van der Waals surface area contributed by atoms with Crippen molar-refractivity contribution in [2.45, 2.75) is 38.1 Å². The number of benzene rings is 1. The minimum Gasteiger partial charge on any atom is -0.495 e. The number of para-hydroxylation sites is 1. The first-order chi connectivity index (χ1) is 10.2. The lowest BCUT2D eigenvalue weighted by molar-refractivity contribution is -0.116. The van der Waals surface area contributed by atoms with Crippen molar-refractivity contribution >= 4 is 11.6 Å². The Hall–Kier alpha value is -2.06. The van der Waals surface area contributed by atoms with Crippen LogP contribution in [0.5, 0.6) is 5.75 Å². The molecular weight excluding hydrogens is 266 g/mol. The van der Waals surface area contributed by atoms with E-state index in [4.69, 9.17) is 10.00 Å². The molecule has 1 unspecified atom stereocenters. The molecule has 2 N–H and O–H groups in total. The van der Waals surface area contributed by atoms with Gasteiger partial charge in [-0.1, -0.05) is 12.5 Å². The summed E-state index contributed by atoms with van der Waals surface area (Å²) in [6.07, 6.45) is 4.84. The van der Waals surface area contributed by atoms with Crippen molar-refractivity contribution in [3.05, 3.63) is 23.8 Å². The summed E-state index contributed by atoms with van der Waals surface area (Å²) in [5, 5.41) is 15.4. The fraction of sp³-hybridized carbons (Fsp3) is 0.500. The van der Waals surface area contributed by atoms with E-state index in [9.17, 15) is 4.79 Å². The first-order valence-electron chi connectivity index (χ1n) is 7.35. The van der Waals surface area contributed by atoms with E-state index >= 15 is 0 Å². The summed E-state index contributed by atoms with van der Waals surface area (Å²) < 4.78 is 5.20. The second kappa shape index (κ2) is 7.65. The second-order valence-corrected chi connectivity index (χ2v) is 5.23. The molecule has 0 radical (unpaired) electrons. The number of hydrogen-bond donors (Lipinski definition) is 2. The highest BCUT2D eigenvalue weighted by Crippen LogP contribution is 2.28. The van der Waals surface area contributed by atoms with Crippen LogP contribution < -0.4 is 15.4 Å². The number of rotatable bonds is 5. The van der Waals surface area contributed by atoms with Crippen molar-refractivity contribution in [3.63, 3.8) is 0 Å². The predicted molar refractivity (Wildman–Crippen MR) is 81.2 cm³/mol. The average Bonchev–Trinajstić information content (AvgIpc) is 2.54. The van der Waals surface area contributed by atoms with Gasteiger partial charge >= 0.3 is 0 Å². The molecule has 1 heterocycles. The third-order valence-corrected chi connectivity index (χ3v) is 3.76. The van der Waals surface area contributed by atoms with Crippen molar-refractivity contribution in [1.29, 1.82) is 5.26 Å². The van der Waals surface area contributed by atoms with Gasteiger partial charge in [0.1, 0.15) is 17.5 Å². The molecule has 5 nitrogen and oxygen atoms in total. The van der Waals surface area contributed by atoms with Crippen LogP contribution in [0.4, 0.5) is 5.69 Å². The summed E-state index contributed by atoms with van der Waals surface area (Å²) in [6.45, 7) is 1.04. The fourth-order valence-corrected chi connectivity index (χ4v) is 2.60. The number of carbonyl (C=O) groups excluding carboxylic acids is 1. The maximum Gasteiger partial charge on any atom is 0.224 e. The molecule has 0 bridgehead atoms. The largest absolute Gasteiger partial charge is 0.495 e. The molecule has 2 rings (SSSR count). The Morgan fingerprint density at radius 2 is 2.38 bits per heavy atom. The summed E-state index contributed by atoms with van der Waals surface area (Å²) >= 11 is 0. The van der Waals surface area contributed by atoms with Crippen molar-refractivity contribution < 1.29 is 9.53 Å². The minimum absolute atomic E-state index is 0.0802. The second-order valence-electron chi connectivity index (χ2n) is 5.23. The number of amides is 1. The molecule has 21 heavy (non-hydrogen) atoms. The van der Waals surface area contributed by atoms with Gasteiger partial charge in [-0.25, -0.2) is 0 Å². The normalized spacial score (nSPS) is 17.8. The maximum absolute atomic E-state index is 12.1. The number of nitrogens with zero attached hydrogens (tertiary/aromatic N) is 1. The van der Waals surface area contributed by atoms with Crippen molar-refractivity contribution in [2.24, 2.45) is 0 Å². The lowest BCUT2D eigenvalue weighted by atomic mass is 10.0. The predicted octanol–water partition coefficient (Wildman–Crippen LogP) is 2.43. The molecule has 1 aromatic carbocycles. The Balaban J connectivity index is 1.94. The van der Waals surface area contributed by atoms with Gasteiger partial charge in [0.25, 0.3) is 0 Å². The minimum atomic E-state index is -0.0802. The van der Waals surface area contributed by atoms with Crippen LogP contribution in [0.15, 0.2) is 18.2 Å². The van der Waals surface area contributed by atoms with Crippen LogP contribution in [0.2, 0.25) is 0 Å². The first kappa shape index (κ1) is 15.3. The molecule has 1 atom stereocenters. The molecule has 0 aliphatic carbocycles. The zero-order valence-corrected chi connectivity index (χ0v) is 12.3. The molecular formula is C16H21N3O2. The van der Waals surface area contributed by atoms with E-state index in [1.165, 1.54) is 20.0 Å². The zero-order chi connectivity index (χ0) is 15.1. The Kier molecular flexibility index (Phi) is 5.59. The van der Waals surface area contributed by atoms with Crippen LogP contribution in [0.3, 0.4) is 0 Å². The van der Waals surface area contributed by atoms with E-state index < -0.39 is 0 Å². The van der Waals surface area contributed by atoms with Gasteiger partial charge in [-0.3, -0.25) is 4.79 Å². The third-order valence-electron chi connectivity index (χ3n) is 3.76. The van der Waals surface area contributed by atoms with Gasteiger partial charge in [-0.05, 0) is 37.9 Å². The summed E-state index contributed by atoms with van der Waals surface area (Å²) in [4.78, 5) is 12.1. The van der Waals surface area contributed by atoms with Crippen LogP contribution in [0, 0.1) is 11.3 Å². The standard InChI is InChI=1S/C16H21N3O2/c1-21-14-7-4-5-12(11-17)16(14)19-15(20)9-8-13-6-2-3-10-18-13/h4-5,7,13,18H,2-3,6,8-10H2,1H3,(H,19,20). The number of ether oxygens (including phenoxy) is 1. The summed E-state index contributed by atoms with van der Waals surface area (Å²) in [5.74, 6) is 0.432. The van der Waals surface area contributed by atoms with Crippen LogP contribution in [-0.2, 0) is 4.79 Å². The number of carbonyl (C=O) groups is 1. The topological polar surface area (TPSA) is 74.1 Å². The van der Waals surface area contributed by atoms with Gasteiger partial charge in [0.2, 0.25) is 5.91 Å². The van der Waals surface area contributed by atoms with E-state index in [2.05, 4.69) is 16.7 Å². The first-order valence-corrected chi connectivity index (χ1v) is 7.35. The molecule has 1 fully saturated rings. The smallest absolute Gasteiger partial charge is 0.224 e. The molecule has 0 spiro atoms. The summed E-state index contributed by atoms with van der Waals surface area (Å²) in [7, 11) is 1.53. The highest BCUT2D eigenvalue weighted by molar-refractivity contribution is 5.93. The molecule has 1 aliphatic heterocycles. The van der Waals surface area contributed by atoms with Gasteiger partial charge in [-0.2, -0.15) is 5.26 Å². The van der Waals surface area contributed by atoms with E-state index in [-0.39, 0.29) is 5.91 Å². The molecule has 0 saturated carbocycles. The van der Waals surface area contributed by atoms with Gasteiger partial charge in [0.15, 0.2) is 0 Å². The number of nitriles is 1. The van der Waals surface area contributed by atoms with Crippen LogP contribution in [0.1, 0.15) is 37.7 Å². The lowest BCUT2D eigenvalue weighted by Crippen LogP contribution is -2.34. The Labute approximate surface area is 125 Å². The molecule has 1 aromatic rings. The SMILES string of the molecule is COc1cccc(C#N)c1NC(=O)CCC1CCCCN1. The van der Waals surface area contributed by atoms with E-state index in [0.29, 0.717) is 29.5 Å². The lowest BCUT2D eigenvalue weighted by Gasteiger charge is -2.23. The van der Waals surface area contributed by atoms with Crippen molar-refractivity contribution in [2.75, 3.05) is 19.0 Å². The third kappa shape index (κ3) is 4.20. The average molecular weight is 287 g/mol. The maximum atomic E-state index is 12.1. The Morgan fingerprint density at radius 3 is 3.05 bits per heavy atom. The highest BCUT2D eigenvalue weighted by Gasteiger charge is 2.16.